The molecule has 1 aliphatic heterocycles. The van der Waals surface area contributed by atoms with E-state index in [4.69, 9.17) is 4.74 Å². The number of hydrogen-bond donors (Lipinski definition) is 1. The van der Waals surface area contributed by atoms with Crippen LogP contribution in [0.1, 0.15) is 42.2 Å². The quantitative estimate of drug-likeness (QED) is 0.942. The fourth-order valence-corrected chi connectivity index (χ4v) is 2.82. The van der Waals surface area contributed by atoms with Gasteiger partial charge in [0.1, 0.15) is 23.6 Å². The van der Waals surface area contributed by atoms with Crippen LogP contribution in [0.4, 0.5) is 0 Å². The first kappa shape index (κ1) is 13.7. The summed E-state index contributed by atoms with van der Waals surface area (Å²) in [5.74, 6) is 0.650. The summed E-state index contributed by atoms with van der Waals surface area (Å²) < 4.78 is 7.59. The Morgan fingerprint density at radius 2 is 2.24 bits per heavy atom. The van der Waals surface area contributed by atoms with Crippen molar-refractivity contribution in [2.45, 2.75) is 38.8 Å². The second-order valence-corrected chi connectivity index (χ2v) is 5.37. The summed E-state index contributed by atoms with van der Waals surface area (Å²) >= 11 is 0. The van der Waals surface area contributed by atoms with Gasteiger partial charge in [-0.3, -0.25) is 4.79 Å². The van der Waals surface area contributed by atoms with Crippen LogP contribution in [0.15, 0.2) is 30.9 Å². The number of ketones is 1. The van der Waals surface area contributed by atoms with E-state index in [0.717, 1.165) is 18.4 Å². The van der Waals surface area contributed by atoms with Crippen molar-refractivity contribution in [3.63, 3.8) is 0 Å². The van der Waals surface area contributed by atoms with Crippen LogP contribution in [-0.2, 0) is 6.42 Å². The highest BCUT2D eigenvalue weighted by atomic mass is 16.5. The number of carbonyl (C=O) groups is 1. The second kappa shape index (κ2) is 5.24. The molecule has 2 atom stereocenters. The van der Waals surface area contributed by atoms with E-state index < -0.39 is 6.04 Å². The standard InChI is InChI=1S/C16H18N2O3/c1-3-4-11-7-12-14(8-13(11)19)21-10(2)15(16(12)20)18-6-5-17-9-18/h5-10,15,19H,3-4H2,1-2H3/t10-,15-/m0/s1. The van der Waals surface area contributed by atoms with Crippen molar-refractivity contribution in [2.24, 2.45) is 0 Å². The third-order valence-corrected chi connectivity index (χ3v) is 3.84. The lowest BCUT2D eigenvalue weighted by atomic mass is 9.93. The molecule has 0 radical (unpaired) electrons. The zero-order valence-electron chi connectivity index (χ0n) is 12.1. The number of benzene rings is 1. The summed E-state index contributed by atoms with van der Waals surface area (Å²) in [6.07, 6.45) is 6.37. The monoisotopic (exact) mass is 286 g/mol. The maximum Gasteiger partial charge on any atom is 0.193 e. The van der Waals surface area contributed by atoms with Gasteiger partial charge >= 0.3 is 0 Å². The highest BCUT2D eigenvalue weighted by Gasteiger charge is 2.36. The first-order valence-electron chi connectivity index (χ1n) is 7.16. The zero-order valence-corrected chi connectivity index (χ0v) is 12.1. The smallest absolute Gasteiger partial charge is 0.193 e. The molecule has 0 fully saturated rings. The predicted molar refractivity (Wildman–Crippen MR) is 77.8 cm³/mol. The predicted octanol–water partition coefficient (Wildman–Crippen LogP) is 2.75. The molecule has 1 aliphatic rings. The molecule has 0 saturated carbocycles. The third kappa shape index (κ3) is 2.28. The molecule has 2 aromatic rings. The van der Waals surface area contributed by atoms with Crippen LogP contribution in [0, 0.1) is 0 Å². The summed E-state index contributed by atoms with van der Waals surface area (Å²) in [6, 6.07) is 2.89. The number of aromatic hydroxyl groups is 1. The summed E-state index contributed by atoms with van der Waals surface area (Å²) in [5, 5.41) is 10.0. The van der Waals surface area contributed by atoms with Gasteiger partial charge in [-0.1, -0.05) is 13.3 Å². The lowest BCUT2D eigenvalue weighted by Crippen LogP contribution is -2.37. The highest BCUT2D eigenvalue weighted by Crippen LogP contribution is 2.37. The van der Waals surface area contributed by atoms with Gasteiger partial charge in [0.05, 0.1) is 11.9 Å². The first-order valence-corrected chi connectivity index (χ1v) is 7.16. The number of nitrogens with zero attached hydrogens (tertiary/aromatic N) is 2. The summed E-state index contributed by atoms with van der Waals surface area (Å²) in [6.45, 7) is 3.89. The average Bonchev–Trinajstić information content (AvgIpc) is 2.94. The van der Waals surface area contributed by atoms with Gasteiger partial charge in [-0.15, -0.1) is 0 Å². The summed E-state index contributed by atoms with van der Waals surface area (Å²) in [5.41, 5.74) is 1.32. The van der Waals surface area contributed by atoms with Gasteiger partial charge < -0.3 is 14.4 Å². The molecule has 0 spiro atoms. The van der Waals surface area contributed by atoms with Gasteiger partial charge in [0, 0.05) is 18.5 Å². The molecular formula is C16H18N2O3. The van der Waals surface area contributed by atoms with E-state index in [1.165, 1.54) is 0 Å². The largest absolute Gasteiger partial charge is 0.508 e. The van der Waals surface area contributed by atoms with E-state index in [0.29, 0.717) is 11.3 Å². The normalized spacial score (nSPS) is 21.0. The molecule has 3 rings (SSSR count). The molecule has 21 heavy (non-hydrogen) atoms. The molecule has 5 heteroatoms. The number of phenols is 1. The fraction of sp³-hybridized carbons (Fsp3) is 0.375. The highest BCUT2D eigenvalue weighted by molar-refractivity contribution is 6.03. The maximum atomic E-state index is 12.8. The molecule has 5 nitrogen and oxygen atoms in total. The van der Waals surface area contributed by atoms with Gasteiger partial charge in [0.15, 0.2) is 5.78 Å². The van der Waals surface area contributed by atoms with Crippen LogP contribution in [0.5, 0.6) is 11.5 Å². The Bertz CT molecular complexity index is 664. The lowest BCUT2D eigenvalue weighted by molar-refractivity contribution is 0.0717. The number of fused-ring (bicyclic) bond motifs is 1. The van der Waals surface area contributed by atoms with Crippen LogP contribution >= 0.6 is 0 Å². The van der Waals surface area contributed by atoms with Gasteiger partial charge in [0.2, 0.25) is 0 Å². The maximum absolute atomic E-state index is 12.8. The average molecular weight is 286 g/mol. The second-order valence-electron chi connectivity index (χ2n) is 5.37. The Morgan fingerprint density at radius 1 is 1.43 bits per heavy atom. The molecule has 1 aromatic carbocycles. The number of imidazole rings is 1. The van der Waals surface area contributed by atoms with Crippen LogP contribution < -0.4 is 4.74 Å². The van der Waals surface area contributed by atoms with Crippen molar-refractivity contribution in [2.75, 3.05) is 0 Å². The Hall–Kier alpha value is -2.30. The molecular weight excluding hydrogens is 268 g/mol. The SMILES string of the molecule is CCCc1cc2c(cc1O)O[C@@H](C)[C@H](n1ccnc1)C2=O. The van der Waals surface area contributed by atoms with Gasteiger partial charge in [-0.25, -0.2) is 4.98 Å². The van der Waals surface area contributed by atoms with Crippen LogP contribution in [0.3, 0.4) is 0 Å². The van der Waals surface area contributed by atoms with Crippen LogP contribution in [0.2, 0.25) is 0 Å². The van der Waals surface area contributed by atoms with Crippen molar-refractivity contribution in [1.82, 2.24) is 9.55 Å². The molecule has 0 amide bonds. The fourth-order valence-electron chi connectivity index (χ4n) is 2.82. The van der Waals surface area contributed by atoms with E-state index in [1.807, 2.05) is 13.8 Å². The van der Waals surface area contributed by atoms with Gasteiger partial charge in [0.25, 0.3) is 0 Å². The third-order valence-electron chi connectivity index (χ3n) is 3.84. The molecule has 110 valence electrons. The molecule has 0 bridgehead atoms. The molecule has 2 heterocycles. The number of aryl methyl sites for hydroxylation is 1. The topological polar surface area (TPSA) is 64.3 Å². The van der Waals surface area contributed by atoms with Crippen molar-refractivity contribution in [1.29, 1.82) is 0 Å². The summed E-state index contributed by atoms with van der Waals surface area (Å²) in [7, 11) is 0. The minimum Gasteiger partial charge on any atom is -0.508 e. The number of rotatable bonds is 3. The van der Waals surface area contributed by atoms with Crippen molar-refractivity contribution in [3.05, 3.63) is 42.0 Å². The van der Waals surface area contributed by atoms with E-state index in [1.54, 1.807) is 35.4 Å². The van der Waals surface area contributed by atoms with E-state index in [9.17, 15) is 9.90 Å². The lowest BCUT2D eigenvalue weighted by Gasteiger charge is -2.31. The summed E-state index contributed by atoms with van der Waals surface area (Å²) in [4.78, 5) is 16.8. The van der Waals surface area contributed by atoms with Crippen molar-refractivity contribution < 1.29 is 14.6 Å². The Balaban J connectivity index is 2.05. The van der Waals surface area contributed by atoms with Crippen molar-refractivity contribution in [3.8, 4) is 11.5 Å². The molecule has 1 aromatic heterocycles. The number of aromatic nitrogens is 2. The number of carbonyl (C=O) groups excluding carboxylic acids is 1. The molecule has 1 N–H and O–H groups in total. The number of Topliss-reactive ketones (excluding diaryl/α,β-unsaturated/α-hetero) is 1. The van der Waals surface area contributed by atoms with Crippen molar-refractivity contribution >= 4 is 5.78 Å². The Kier molecular flexibility index (Phi) is 3.41. The number of ether oxygens (including phenoxy) is 1. The van der Waals surface area contributed by atoms with E-state index in [2.05, 4.69) is 4.98 Å². The number of phenolic OH excluding ortho intramolecular Hbond substituents is 1. The molecule has 0 saturated heterocycles. The van der Waals surface area contributed by atoms with Crippen LogP contribution in [-0.4, -0.2) is 26.5 Å². The van der Waals surface area contributed by atoms with E-state index in [-0.39, 0.29) is 17.6 Å². The Morgan fingerprint density at radius 3 is 2.90 bits per heavy atom. The van der Waals surface area contributed by atoms with Gasteiger partial charge in [-0.2, -0.15) is 0 Å². The minimum absolute atomic E-state index is 0.000830. The number of hydrogen-bond acceptors (Lipinski definition) is 4. The minimum atomic E-state index is -0.418. The zero-order chi connectivity index (χ0) is 15.0. The molecule has 0 aliphatic carbocycles. The van der Waals surface area contributed by atoms with E-state index >= 15 is 0 Å². The van der Waals surface area contributed by atoms with Crippen LogP contribution in [0.25, 0.3) is 0 Å². The molecule has 0 unspecified atom stereocenters. The van der Waals surface area contributed by atoms with Gasteiger partial charge in [-0.05, 0) is 25.0 Å². The Labute approximate surface area is 123 Å². The first-order chi connectivity index (χ1) is 10.1.